The van der Waals surface area contributed by atoms with Crippen molar-refractivity contribution in [3.05, 3.63) is 11.8 Å². The zero-order valence-electron chi connectivity index (χ0n) is 12.6. The van der Waals surface area contributed by atoms with Crippen molar-refractivity contribution in [1.82, 2.24) is 9.80 Å². The molecule has 0 atom stereocenters. The van der Waals surface area contributed by atoms with E-state index in [-0.39, 0.29) is 0 Å². The van der Waals surface area contributed by atoms with Crippen molar-refractivity contribution >= 4 is 6.21 Å². The molecule has 0 amide bonds. The molecule has 0 aromatic carbocycles. The third-order valence-electron chi connectivity index (χ3n) is 4.46. The largest absolute Gasteiger partial charge is 0.377 e. The molecule has 3 nitrogen and oxygen atoms in total. The second kappa shape index (κ2) is 7.68. The van der Waals surface area contributed by atoms with E-state index in [4.69, 9.17) is 0 Å². The smallest absolute Gasteiger partial charge is 0.0277 e. The number of nitrogens with zero attached hydrogens (tertiary/aromatic N) is 3. The van der Waals surface area contributed by atoms with E-state index in [0.717, 1.165) is 12.5 Å². The van der Waals surface area contributed by atoms with Gasteiger partial charge in [-0.3, -0.25) is 4.99 Å². The summed E-state index contributed by atoms with van der Waals surface area (Å²) in [6, 6.07) is 0.842. The molecule has 2 heterocycles. The van der Waals surface area contributed by atoms with Crippen molar-refractivity contribution in [3.63, 3.8) is 0 Å². The van der Waals surface area contributed by atoms with Gasteiger partial charge in [-0.25, -0.2) is 0 Å². The molecule has 0 saturated carbocycles. The van der Waals surface area contributed by atoms with Gasteiger partial charge in [-0.1, -0.05) is 13.3 Å². The molecule has 2 saturated heterocycles. The molecule has 3 heteroatoms. The molecule has 2 rings (SSSR count). The summed E-state index contributed by atoms with van der Waals surface area (Å²) < 4.78 is 0. The van der Waals surface area contributed by atoms with Crippen LogP contribution in [-0.2, 0) is 0 Å². The highest BCUT2D eigenvalue weighted by molar-refractivity contribution is 5.78. The van der Waals surface area contributed by atoms with Crippen molar-refractivity contribution in [1.29, 1.82) is 0 Å². The van der Waals surface area contributed by atoms with Crippen LogP contribution in [0.1, 0.15) is 45.4 Å². The molecule has 0 aliphatic carbocycles. The van der Waals surface area contributed by atoms with Crippen molar-refractivity contribution < 1.29 is 0 Å². The fraction of sp³-hybridized carbons (Fsp3) is 0.812. The standard InChI is InChI=1S/C16H29N3/c1-3-15(13-17-2)14-18-11-7-16(8-12-18)19-9-5-4-6-10-19/h13-14,16H,3-12H2,1-2H3. The fourth-order valence-electron chi connectivity index (χ4n) is 3.28. The first kappa shape index (κ1) is 14.6. The average molecular weight is 263 g/mol. The normalized spacial score (nSPS) is 24.3. The van der Waals surface area contributed by atoms with Crippen LogP contribution in [0.4, 0.5) is 0 Å². The Morgan fingerprint density at radius 3 is 2.37 bits per heavy atom. The molecule has 19 heavy (non-hydrogen) atoms. The fourth-order valence-corrected chi connectivity index (χ4v) is 3.28. The van der Waals surface area contributed by atoms with Crippen LogP contribution in [0.2, 0.25) is 0 Å². The second-order valence-electron chi connectivity index (χ2n) is 5.81. The molecule has 2 fully saturated rings. The third-order valence-corrected chi connectivity index (χ3v) is 4.46. The van der Waals surface area contributed by atoms with Crippen LogP contribution >= 0.6 is 0 Å². The average Bonchev–Trinajstić information content (AvgIpc) is 2.48. The molecule has 0 spiro atoms. The van der Waals surface area contributed by atoms with Crippen LogP contribution < -0.4 is 0 Å². The summed E-state index contributed by atoms with van der Waals surface area (Å²) in [5, 5.41) is 0. The Labute approximate surface area is 118 Å². The van der Waals surface area contributed by atoms with Crippen LogP contribution in [0.25, 0.3) is 0 Å². The predicted octanol–water partition coefficient (Wildman–Crippen LogP) is 2.93. The number of piperidine rings is 2. The van der Waals surface area contributed by atoms with Crippen molar-refractivity contribution in [3.8, 4) is 0 Å². The Hall–Kier alpha value is -0.830. The van der Waals surface area contributed by atoms with Gasteiger partial charge in [0.2, 0.25) is 0 Å². The summed E-state index contributed by atoms with van der Waals surface area (Å²) in [4.78, 5) is 9.35. The lowest BCUT2D eigenvalue weighted by Gasteiger charge is -2.40. The van der Waals surface area contributed by atoms with Gasteiger partial charge in [0, 0.05) is 38.6 Å². The first-order chi connectivity index (χ1) is 9.33. The summed E-state index contributed by atoms with van der Waals surface area (Å²) in [5.41, 5.74) is 1.35. The van der Waals surface area contributed by atoms with Crippen molar-refractivity contribution in [2.45, 2.75) is 51.5 Å². The molecule has 0 aromatic rings. The maximum absolute atomic E-state index is 4.13. The highest BCUT2D eigenvalue weighted by atomic mass is 15.2. The second-order valence-corrected chi connectivity index (χ2v) is 5.81. The summed E-state index contributed by atoms with van der Waals surface area (Å²) in [7, 11) is 1.85. The van der Waals surface area contributed by atoms with Gasteiger partial charge in [0.1, 0.15) is 0 Å². The molecule has 108 valence electrons. The van der Waals surface area contributed by atoms with Gasteiger partial charge in [-0.15, -0.1) is 0 Å². The Morgan fingerprint density at radius 2 is 1.79 bits per heavy atom. The number of rotatable bonds is 4. The number of aliphatic imine (C=N–C) groups is 1. The van der Waals surface area contributed by atoms with E-state index < -0.39 is 0 Å². The molecule has 0 aromatic heterocycles. The number of allylic oxidation sites excluding steroid dienone is 1. The summed E-state index contributed by atoms with van der Waals surface area (Å²) in [5.74, 6) is 0. The topological polar surface area (TPSA) is 18.8 Å². The van der Waals surface area contributed by atoms with E-state index in [9.17, 15) is 0 Å². The number of hydrogen-bond acceptors (Lipinski definition) is 3. The summed E-state index contributed by atoms with van der Waals surface area (Å²) in [6.07, 6.45) is 12.3. The van der Waals surface area contributed by atoms with Gasteiger partial charge in [0.05, 0.1) is 0 Å². The van der Waals surface area contributed by atoms with Gasteiger partial charge in [-0.05, 0) is 50.8 Å². The summed E-state index contributed by atoms with van der Waals surface area (Å²) >= 11 is 0. The van der Waals surface area contributed by atoms with Crippen LogP contribution in [0.5, 0.6) is 0 Å². The minimum absolute atomic E-state index is 0.842. The molecule has 0 radical (unpaired) electrons. The minimum atomic E-state index is 0.842. The first-order valence-electron chi connectivity index (χ1n) is 7.94. The first-order valence-corrected chi connectivity index (χ1v) is 7.94. The molecular weight excluding hydrogens is 234 g/mol. The van der Waals surface area contributed by atoms with Crippen LogP contribution in [0.15, 0.2) is 16.8 Å². The molecule has 2 aliphatic rings. The molecular formula is C16H29N3. The molecule has 0 unspecified atom stereocenters. The predicted molar refractivity (Wildman–Crippen MR) is 82.8 cm³/mol. The Kier molecular flexibility index (Phi) is 5.90. The van der Waals surface area contributed by atoms with Gasteiger partial charge in [-0.2, -0.15) is 0 Å². The van der Waals surface area contributed by atoms with Gasteiger partial charge < -0.3 is 9.80 Å². The van der Waals surface area contributed by atoms with Crippen LogP contribution in [0, 0.1) is 0 Å². The highest BCUT2D eigenvalue weighted by Gasteiger charge is 2.24. The molecule has 0 bridgehead atoms. The van der Waals surface area contributed by atoms with E-state index in [1.54, 1.807) is 0 Å². The monoisotopic (exact) mass is 263 g/mol. The quantitative estimate of drug-likeness (QED) is 0.726. The van der Waals surface area contributed by atoms with E-state index in [2.05, 4.69) is 27.9 Å². The van der Waals surface area contributed by atoms with E-state index in [0.29, 0.717) is 0 Å². The molecule has 0 N–H and O–H groups in total. The Morgan fingerprint density at radius 1 is 1.11 bits per heavy atom. The maximum Gasteiger partial charge on any atom is 0.0277 e. The number of likely N-dealkylation sites (tertiary alicyclic amines) is 2. The van der Waals surface area contributed by atoms with E-state index in [1.807, 2.05) is 13.3 Å². The van der Waals surface area contributed by atoms with Crippen LogP contribution in [0.3, 0.4) is 0 Å². The van der Waals surface area contributed by atoms with E-state index >= 15 is 0 Å². The number of hydrogen-bond donors (Lipinski definition) is 0. The van der Waals surface area contributed by atoms with Gasteiger partial charge >= 0.3 is 0 Å². The lowest BCUT2D eigenvalue weighted by atomic mass is 10.00. The van der Waals surface area contributed by atoms with Crippen molar-refractivity contribution in [2.75, 3.05) is 33.2 Å². The Bertz CT molecular complexity index is 308. The lowest BCUT2D eigenvalue weighted by Crippen LogP contribution is -2.45. The van der Waals surface area contributed by atoms with Gasteiger partial charge in [0.25, 0.3) is 0 Å². The SMILES string of the molecule is CCC(C=NC)=CN1CCC(N2CCCCC2)CC1. The minimum Gasteiger partial charge on any atom is -0.377 e. The zero-order valence-corrected chi connectivity index (χ0v) is 12.6. The maximum atomic E-state index is 4.13. The third kappa shape index (κ3) is 4.34. The molecule has 2 aliphatic heterocycles. The van der Waals surface area contributed by atoms with Gasteiger partial charge in [0.15, 0.2) is 0 Å². The zero-order chi connectivity index (χ0) is 13.5. The summed E-state index contributed by atoms with van der Waals surface area (Å²) in [6.45, 7) is 7.30. The Balaban J connectivity index is 1.81. The van der Waals surface area contributed by atoms with Crippen molar-refractivity contribution in [2.24, 2.45) is 4.99 Å². The lowest BCUT2D eigenvalue weighted by molar-refractivity contribution is 0.109. The highest BCUT2D eigenvalue weighted by Crippen LogP contribution is 2.21. The van der Waals surface area contributed by atoms with Crippen LogP contribution in [-0.4, -0.2) is 55.3 Å². The van der Waals surface area contributed by atoms with E-state index in [1.165, 1.54) is 63.9 Å².